The molecule has 0 radical (unpaired) electrons. The first-order valence-electron chi connectivity index (χ1n) is 8.07. The molecule has 1 N–H and O–H groups in total. The van der Waals surface area contributed by atoms with Crippen molar-refractivity contribution in [2.24, 2.45) is 5.41 Å². The minimum absolute atomic E-state index is 0.156. The molecule has 4 heteroatoms. The van der Waals surface area contributed by atoms with E-state index in [1.165, 1.54) is 23.7 Å². The lowest BCUT2D eigenvalue weighted by molar-refractivity contribution is 0.192. The van der Waals surface area contributed by atoms with Crippen LogP contribution >= 0.6 is 11.3 Å². The van der Waals surface area contributed by atoms with Crippen LogP contribution in [0.3, 0.4) is 0 Å². The molecule has 0 spiro atoms. The van der Waals surface area contributed by atoms with E-state index in [-0.39, 0.29) is 5.41 Å². The summed E-state index contributed by atoms with van der Waals surface area (Å²) in [6.07, 6.45) is 1.23. The van der Waals surface area contributed by atoms with Crippen molar-refractivity contribution in [1.82, 2.24) is 15.2 Å². The van der Waals surface area contributed by atoms with Gasteiger partial charge in [0.05, 0.1) is 12.2 Å². The molecule has 0 amide bonds. The quantitative estimate of drug-likeness (QED) is 0.904. The third-order valence-electron chi connectivity index (χ3n) is 4.21. The molecule has 1 fully saturated rings. The number of rotatable bonds is 2. The summed E-state index contributed by atoms with van der Waals surface area (Å²) < 4.78 is 0. The average Bonchev–Trinajstić information content (AvgIpc) is 2.66. The number of nitrogens with one attached hydrogen (secondary N) is 1. The maximum absolute atomic E-state index is 4.85. The van der Waals surface area contributed by atoms with Crippen LogP contribution in [-0.2, 0) is 12.0 Å². The average molecular weight is 310 g/mol. The monoisotopic (exact) mass is 309 g/mol. The Labute approximate surface area is 134 Å². The molecule has 1 aliphatic heterocycles. The molecule has 0 bridgehead atoms. The van der Waals surface area contributed by atoms with Gasteiger partial charge < -0.3 is 5.32 Å². The van der Waals surface area contributed by atoms with Gasteiger partial charge in [0.25, 0.3) is 0 Å². The maximum atomic E-state index is 4.85. The van der Waals surface area contributed by atoms with Gasteiger partial charge in [0.15, 0.2) is 0 Å². The van der Waals surface area contributed by atoms with E-state index < -0.39 is 0 Å². The second kappa shape index (κ2) is 6.35. The van der Waals surface area contributed by atoms with Gasteiger partial charge >= 0.3 is 0 Å². The Morgan fingerprint density at radius 2 is 2.00 bits per heavy atom. The molecule has 1 aromatic heterocycles. The number of hydrogen-bond acceptors (Lipinski definition) is 4. The van der Waals surface area contributed by atoms with E-state index in [0.717, 1.165) is 19.6 Å². The van der Waals surface area contributed by atoms with Gasteiger partial charge in [-0.2, -0.15) is 0 Å². The van der Waals surface area contributed by atoms with Crippen LogP contribution in [0, 0.1) is 5.41 Å². The molecule has 2 rings (SSSR count). The molecule has 120 valence electrons. The Kier molecular flexibility index (Phi) is 5.11. The lowest BCUT2D eigenvalue weighted by Crippen LogP contribution is -2.46. The first kappa shape index (κ1) is 16.9. The topological polar surface area (TPSA) is 28.2 Å². The van der Waals surface area contributed by atoms with Crippen LogP contribution in [0.1, 0.15) is 58.7 Å². The van der Waals surface area contributed by atoms with E-state index in [2.05, 4.69) is 57.1 Å². The molecule has 1 atom stereocenters. The third-order valence-corrected chi connectivity index (χ3v) is 5.04. The Hall–Kier alpha value is -0.450. The van der Waals surface area contributed by atoms with Crippen molar-refractivity contribution in [3.05, 3.63) is 16.1 Å². The van der Waals surface area contributed by atoms with E-state index in [1.54, 1.807) is 0 Å². The van der Waals surface area contributed by atoms with E-state index in [9.17, 15) is 0 Å². The molecule has 0 saturated carbocycles. The highest BCUT2D eigenvalue weighted by Gasteiger charge is 2.28. The second-order valence-electron chi connectivity index (χ2n) is 8.34. The zero-order valence-corrected chi connectivity index (χ0v) is 15.3. The summed E-state index contributed by atoms with van der Waals surface area (Å²) in [5.41, 5.74) is 1.69. The zero-order chi connectivity index (χ0) is 15.7. The first-order chi connectivity index (χ1) is 9.66. The Morgan fingerprint density at radius 3 is 2.57 bits per heavy atom. The van der Waals surface area contributed by atoms with Crippen LogP contribution in [0.25, 0.3) is 0 Å². The Bertz CT molecular complexity index is 453. The van der Waals surface area contributed by atoms with Crippen LogP contribution in [0.2, 0.25) is 0 Å². The van der Waals surface area contributed by atoms with Crippen molar-refractivity contribution in [3.8, 4) is 0 Å². The van der Waals surface area contributed by atoms with E-state index in [0.29, 0.717) is 11.5 Å². The molecular weight excluding hydrogens is 278 g/mol. The fourth-order valence-corrected chi connectivity index (χ4v) is 3.70. The molecular formula is C17H31N3S. The van der Waals surface area contributed by atoms with Crippen LogP contribution in [0.5, 0.6) is 0 Å². The summed E-state index contributed by atoms with van der Waals surface area (Å²) in [6, 6.07) is 0.557. The summed E-state index contributed by atoms with van der Waals surface area (Å²) >= 11 is 1.81. The predicted molar refractivity (Wildman–Crippen MR) is 92.0 cm³/mol. The van der Waals surface area contributed by atoms with Crippen LogP contribution in [0.15, 0.2) is 5.38 Å². The van der Waals surface area contributed by atoms with Gasteiger partial charge in [0.1, 0.15) is 5.01 Å². The maximum Gasteiger partial charge on any atom is 0.107 e. The minimum atomic E-state index is 0.156. The number of thiazole rings is 1. The van der Waals surface area contributed by atoms with Crippen molar-refractivity contribution in [1.29, 1.82) is 0 Å². The second-order valence-corrected chi connectivity index (χ2v) is 9.28. The highest BCUT2D eigenvalue weighted by molar-refractivity contribution is 7.09. The smallest absolute Gasteiger partial charge is 0.107 e. The molecule has 1 saturated heterocycles. The molecule has 0 aromatic carbocycles. The summed E-state index contributed by atoms with van der Waals surface area (Å²) in [5, 5.41) is 7.20. The normalized spacial score (nSPS) is 22.3. The van der Waals surface area contributed by atoms with Crippen LogP contribution < -0.4 is 5.32 Å². The van der Waals surface area contributed by atoms with Crippen molar-refractivity contribution in [2.45, 2.75) is 66.0 Å². The number of nitrogens with zero attached hydrogens (tertiary/aromatic N) is 2. The molecule has 21 heavy (non-hydrogen) atoms. The van der Waals surface area contributed by atoms with Gasteiger partial charge in [-0.05, 0) is 24.9 Å². The molecule has 1 aliphatic rings. The zero-order valence-electron chi connectivity index (χ0n) is 14.5. The molecule has 2 heterocycles. The van der Waals surface area contributed by atoms with Crippen LogP contribution in [0.4, 0.5) is 0 Å². The van der Waals surface area contributed by atoms with E-state index >= 15 is 0 Å². The van der Waals surface area contributed by atoms with Gasteiger partial charge in [0, 0.05) is 23.4 Å². The van der Waals surface area contributed by atoms with Crippen molar-refractivity contribution in [2.75, 3.05) is 19.6 Å². The van der Waals surface area contributed by atoms with Crippen LogP contribution in [-0.4, -0.2) is 35.6 Å². The summed E-state index contributed by atoms with van der Waals surface area (Å²) in [6.45, 7) is 18.1. The first-order valence-corrected chi connectivity index (χ1v) is 8.95. The van der Waals surface area contributed by atoms with Crippen molar-refractivity contribution in [3.63, 3.8) is 0 Å². The molecule has 1 aromatic rings. The largest absolute Gasteiger partial charge is 0.312 e. The van der Waals surface area contributed by atoms with Gasteiger partial charge in [-0.1, -0.05) is 41.5 Å². The van der Waals surface area contributed by atoms with Crippen molar-refractivity contribution >= 4 is 11.3 Å². The molecule has 3 nitrogen and oxygen atoms in total. The van der Waals surface area contributed by atoms with Gasteiger partial charge in [-0.3, -0.25) is 4.90 Å². The number of aromatic nitrogens is 1. The van der Waals surface area contributed by atoms with Gasteiger partial charge in [-0.15, -0.1) is 11.3 Å². The van der Waals surface area contributed by atoms with E-state index in [4.69, 9.17) is 4.98 Å². The minimum Gasteiger partial charge on any atom is -0.312 e. The number of hydrogen-bond donors (Lipinski definition) is 1. The SMILES string of the molecule is CC(C)(C)c1csc(CN2CCCNC(C(C)(C)C)C2)n1. The fourth-order valence-electron chi connectivity index (χ4n) is 2.64. The fraction of sp³-hybridized carbons (Fsp3) is 0.824. The van der Waals surface area contributed by atoms with Gasteiger partial charge in [-0.25, -0.2) is 4.98 Å². The Morgan fingerprint density at radius 1 is 1.29 bits per heavy atom. The van der Waals surface area contributed by atoms with Crippen molar-refractivity contribution < 1.29 is 0 Å². The molecule has 0 aliphatic carbocycles. The Balaban J connectivity index is 2.02. The van der Waals surface area contributed by atoms with E-state index in [1.807, 2.05) is 11.3 Å². The highest BCUT2D eigenvalue weighted by atomic mass is 32.1. The standard InChI is InChI=1S/C17H31N3S/c1-16(2,3)13-10-20(9-7-8-18-13)11-15-19-14(12-21-15)17(4,5)6/h12-13,18H,7-11H2,1-6H3. The predicted octanol–water partition coefficient (Wildman–Crippen LogP) is 3.65. The summed E-state index contributed by atoms with van der Waals surface area (Å²) in [7, 11) is 0. The summed E-state index contributed by atoms with van der Waals surface area (Å²) in [4.78, 5) is 7.42. The molecule has 1 unspecified atom stereocenters. The lowest BCUT2D eigenvalue weighted by atomic mass is 9.86. The summed E-state index contributed by atoms with van der Waals surface area (Å²) in [5.74, 6) is 0. The highest BCUT2D eigenvalue weighted by Crippen LogP contribution is 2.26. The van der Waals surface area contributed by atoms with Gasteiger partial charge in [0.2, 0.25) is 0 Å². The lowest BCUT2D eigenvalue weighted by Gasteiger charge is -2.33. The third kappa shape index (κ3) is 4.76.